The lowest BCUT2D eigenvalue weighted by molar-refractivity contribution is 0.00913. The van der Waals surface area contributed by atoms with Gasteiger partial charge in [-0.15, -0.1) is 0 Å². The van der Waals surface area contributed by atoms with Crippen LogP contribution in [0.5, 0.6) is 0 Å². The average molecular weight is 329 g/mol. The van der Waals surface area contributed by atoms with Crippen molar-refractivity contribution in [3.05, 3.63) is 15.9 Å². The Kier molecular flexibility index (Phi) is 4.72. The maximum absolute atomic E-state index is 10.7. The van der Waals surface area contributed by atoms with Gasteiger partial charge >= 0.3 is 0 Å². The van der Waals surface area contributed by atoms with E-state index in [9.17, 15) is 5.11 Å². The van der Waals surface area contributed by atoms with Crippen molar-refractivity contribution >= 4 is 15.9 Å². The zero-order valence-electron chi connectivity index (χ0n) is 12.2. The van der Waals surface area contributed by atoms with Gasteiger partial charge in [-0.3, -0.25) is 4.68 Å². The van der Waals surface area contributed by atoms with E-state index < -0.39 is 0 Å². The number of hydrogen-bond donors (Lipinski definition) is 1. The van der Waals surface area contributed by atoms with E-state index in [0.29, 0.717) is 6.42 Å². The van der Waals surface area contributed by atoms with Gasteiger partial charge in [0.1, 0.15) is 0 Å². The van der Waals surface area contributed by atoms with E-state index in [0.717, 1.165) is 35.1 Å². The van der Waals surface area contributed by atoms with Crippen LogP contribution in [-0.2, 0) is 19.9 Å². The third-order valence-electron chi connectivity index (χ3n) is 4.69. The fourth-order valence-electron chi connectivity index (χ4n) is 3.16. The Labute approximate surface area is 124 Å². The van der Waals surface area contributed by atoms with Crippen LogP contribution in [0.3, 0.4) is 0 Å². The van der Waals surface area contributed by atoms with Gasteiger partial charge in [-0.05, 0) is 40.6 Å². The standard InChI is InChI=1S/C15H25BrN2O/c1-4-11-14(16)12(18(3)17-11)10-13(19)15(2)8-6-5-7-9-15/h13,19H,4-10H2,1-3H3. The first kappa shape index (κ1) is 15.0. The van der Waals surface area contributed by atoms with Crippen LogP contribution < -0.4 is 0 Å². The van der Waals surface area contributed by atoms with E-state index in [1.54, 1.807) is 0 Å². The maximum Gasteiger partial charge on any atom is 0.0766 e. The van der Waals surface area contributed by atoms with Gasteiger partial charge in [0.15, 0.2) is 0 Å². The summed E-state index contributed by atoms with van der Waals surface area (Å²) in [7, 11) is 1.97. The molecule has 2 rings (SSSR count). The number of rotatable bonds is 4. The lowest BCUT2D eigenvalue weighted by Crippen LogP contribution is -2.36. The van der Waals surface area contributed by atoms with Crippen molar-refractivity contribution in [2.75, 3.05) is 0 Å². The molecular formula is C15H25BrN2O. The van der Waals surface area contributed by atoms with Crippen molar-refractivity contribution in [1.29, 1.82) is 0 Å². The summed E-state index contributed by atoms with van der Waals surface area (Å²) < 4.78 is 2.99. The Bertz CT molecular complexity index is 436. The highest BCUT2D eigenvalue weighted by Crippen LogP contribution is 2.40. The van der Waals surface area contributed by atoms with Crippen LogP contribution in [0.15, 0.2) is 4.47 Å². The van der Waals surface area contributed by atoms with Crippen LogP contribution in [0.4, 0.5) is 0 Å². The first-order valence-corrected chi connectivity index (χ1v) is 8.15. The third-order valence-corrected chi connectivity index (χ3v) is 5.61. The highest BCUT2D eigenvalue weighted by Gasteiger charge is 2.35. The monoisotopic (exact) mass is 328 g/mol. The summed E-state index contributed by atoms with van der Waals surface area (Å²) >= 11 is 3.64. The number of aliphatic hydroxyl groups excluding tert-OH is 1. The summed E-state index contributed by atoms with van der Waals surface area (Å²) in [5.74, 6) is 0. The maximum atomic E-state index is 10.7. The van der Waals surface area contributed by atoms with E-state index in [1.165, 1.54) is 19.3 Å². The van der Waals surface area contributed by atoms with Crippen molar-refractivity contribution in [2.24, 2.45) is 12.5 Å². The molecule has 1 aromatic heterocycles. The molecule has 0 aromatic carbocycles. The first-order valence-electron chi connectivity index (χ1n) is 7.36. The largest absolute Gasteiger partial charge is 0.392 e. The molecule has 0 amide bonds. The van der Waals surface area contributed by atoms with Crippen molar-refractivity contribution in [2.45, 2.75) is 64.9 Å². The van der Waals surface area contributed by atoms with Gasteiger partial charge in [-0.1, -0.05) is 33.1 Å². The van der Waals surface area contributed by atoms with Crippen LogP contribution in [-0.4, -0.2) is 21.0 Å². The van der Waals surface area contributed by atoms with Crippen molar-refractivity contribution < 1.29 is 5.11 Å². The zero-order valence-corrected chi connectivity index (χ0v) is 13.8. The molecule has 0 aliphatic heterocycles. The molecule has 1 aliphatic carbocycles. The summed E-state index contributed by atoms with van der Waals surface area (Å²) in [5.41, 5.74) is 2.28. The van der Waals surface area contributed by atoms with Gasteiger partial charge < -0.3 is 5.11 Å². The minimum Gasteiger partial charge on any atom is -0.392 e. The Morgan fingerprint density at radius 3 is 2.53 bits per heavy atom. The topological polar surface area (TPSA) is 38.0 Å². The fourth-order valence-corrected chi connectivity index (χ4v) is 3.94. The molecule has 19 heavy (non-hydrogen) atoms. The lowest BCUT2D eigenvalue weighted by Gasteiger charge is -2.38. The molecular weight excluding hydrogens is 304 g/mol. The van der Waals surface area contributed by atoms with E-state index >= 15 is 0 Å². The number of hydrogen-bond acceptors (Lipinski definition) is 2. The molecule has 1 heterocycles. The predicted molar refractivity (Wildman–Crippen MR) is 81.2 cm³/mol. The molecule has 1 saturated carbocycles. The summed E-state index contributed by atoms with van der Waals surface area (Å²) in [4.78, 5) is 0. The second kappa shape index (κ2) is 5.96. The van der Waals surface area contributed by atoms with E-state index in [-0.39, 0.29) is 11.5 Å². The third kappa shape index (κ3) is 3.05. The van der Waals surface area contributed by atoms with Crippen LogP contribution in [0, 0.1) is 5.41 Å². The molecule has 3 nitrogen and oxygen atoms in total. The average Bonchev–Trinajstić information content (AvgIpc) is 2.67. The quantitative estimate of drug-likeness (QED) is 0.916. The first-order chi connectivity index (χ1) is 8.98. The molecule has 108 valence electrons. The number of aliphatic hydroxyl groups is 1. The van der Waals surface area contributed by atoms with Crippen LogP contribution in [0.1, 0.15) is 57.3 Å². The molecule has 0 spiro atoms. The smallest absolute Gasteiger partial charge is 0.0766 e. The van der Waals surface area contributed by atoms with Crippen molar-refractivity contribution in [1.82, 2.24) is 9.78 Å². The molecule has 1 aromatic rings. The number of aromatic nitrogens is 2. The minimum atomic E-state index is -0.274. The summed E-state index contributed by atoms with van der Waals surface area (Å²) in [6.07, 6.45) is 7.44. The van der Waals surface area contributed by atoms with E-state index in [2.05, 4.69) is 34.9 Å². The van der Waals surface area contributed by atoms with Gasteiger partial charge in [0.2, 0.25) is 0 Å². The van der Waals surface area contributed by atoms with Gasteiger partial charge in [-0.2, -0.15) is 5.10 Å². The Morgan fingerprint density at radius 1 is 1.37 bits per heavy atom. The van der Waals surface area contributed by atoms with Crippen LogP contribution in [0.2, 0.25) is 0 Å². The second-order valence-corrected chi connectivity index (χ2v) is 6.91. The molecule has 0 saturated heterocycles. The summed E-state index contributed by atoms with van der Waals surface area (Å²) in [5, 5.41) is 15.2. The lowest BCUT2D eigenvalue weighted by atomic mass is 9.70. The van der Waals surface area contributed by atoms with Crippen LogP contribution in [0.25, 0.3) is 0 Å². The molecule has 1 fully saturated rings. The van der Waals surface area contributed by atoms with Gasteiger partial charge in [0.25, 0.3) is 0 Å². The Balaban J connectivity index is 2.14. The SMILES string of the molecule is CCc1nn(C)c(CC(O)C2(C)CCCCC2)c1Br. The fraction of sp³-hybridized carbons (Fsp3) is 0.800. The molecule has 1 aliphatic rings. The molecule has 0 bridgehead atoms. The van der Waals surface area contributed by atoms with Gasteiger partial charge in [-0.25, -0.2) is 0 Å². The van der Waals surface area contributed by atoms with Gasteiger partial charge in [0, 0.05) is 13.5 Å². The highest BCUT2D eigenvalue weighted by molar-refractivity contribution is 9.10. The Morgan fingerprint density at radius 2 is 2.00 bits per heavy atom. The summed E-state index contributed by atoms with van der Waals surface area (Å²) in [6.45, 7) is 4.34. The molecule has 1 N–H and O–H groups in total. The minimum absolute atomic E-state index is 0.0777. The van der Waals surface area contributed by atoms with E-state index in [4.69, 9.17) is 0 Å². The second-order valence-electron chi connectivity index (χ2n) is 6.12. The number of nitrogens with zero attached hydrogens (tertiary/aromatic N) is 2. The Hall–Kier alpha value is -0.350. The predicted octanol–water partition coefficient (Wildman–Crippen LogP) is 3.62. The zero-order chi connectivity index (χ0) is 14.0. The molecule has 4 heteroatoms. The van der Waals surface area contributed by atoms with Crippen molar-refractivity contribution in [3.8, 4) is 0 Å². The summed E-state index contributed by atoms with van der Waals surface area (Å²) in [6, 6.07) is 0. The normalized spacial score (nSPS) is 20.5. The molecule has 1 atom stereocenters. The van der Waals surface area contributed by atoms with Gasteiger partial charge in [0.05, 0.1) is 22.0 Å². The van der Waals surface area contributed by atoms with Crippen molar-refractivity contribution in [3.63, 3.8) is 0 Å². The number of aryl methyl sites for hydroxylation is 2. The number of halogens is 1. The molecule has 1 unspecified atom stereocenters. The highest BCUT2D eigenvalue weighted by atomic mass is 79.9. The van der Waals surface area contributed by atoms with Crippen LogP contribution >= 0.6 is 15.9 Å². The molecule has 0 radical (unpaired) electrons. The van der Waals surface area contributed by atoms with E-state index in [1.807, 2.05) is 11.7 Å².